The number of ketones is 1. The van der Waals surface area contributed by atoms with Gasteiger partial charge in [-0.25, -0.2) is 13.4 Å². The maximum absolute atomic E-state index is 13.3. The summed E-state index contributed by atoms with van der Waals surface area (Å²) in [6, 6.07) is 24.3. The van der Waals surface area contributed by atoms with Gasteiger partial charge in [-0.3, -0.25) is 4.79 Å². The number of hydrogen-bond donors (Lipinski definition) is 0. The van der Waals surface area contributed by atoms with Crippen molar-refractivity contribution >= 4 is 32.6 Å². The fourth-order valence-electron chi connectivity index (χ4n) is 3.75. The number of carbonyl (C=O) groups excluding carboxylic acids is 1. The first-order valence-electron chi connectivity index (χ1n) is 9.56. The van der Waals surface area contributed by atoms with E-state index in [1.54, 1.807) is 18.2 Å². The first kappa shape index (κ1) is 18.5. The number of benzene rings is 3. The number of carbonyl (C=O) groups is 1. The molecule has 0 fully saturated rings. The van der Waals surface area contributed by atoms with Crippen LogP contribution in [0.1, 0.15) is 21.5 Å². The fourth-order valence-corrected chi connectivity index (χ4v) is 5.01. The Balaban J connectivity index is 1.57. The number of para-hydroxylation sites is 1. The van der Waals surface area contributed by atoms with Gasteiger partial charge < -0.3 is 0 Å². The van der Waals surface area contributed by atoms with Gasteiger partial charge in [0.1, 0.15) is 0 Å². The average Bonchev–Trinajstić information content (AvgIpc) is 3.07. The summed E-state index contributed by atoms with van der Waals surface area (Å²) in [6.45, 7) is 0. The molecule has 0 radical (unpaired) electrons. The Morgan fingerprint density at radius 2 is 1.63 bits per heavy atom. The van der Waals surface area contributed by atoms with Crippen molar-refractivity contribution in [2.24, 2.45) is 0 Å². The number of rotatable bonds is 4. The summed E-state index contributed by atoms with van der Waals surface area (Å²) in [7, 11) is -3.41. The largest absolute Gasteiger partial charge is 0.294 e. The van der Waals surface area contributed by atoms with E-state index in [9.17, 15) is 13.2 Å². The molecule has 0 saturated heterocycles. The van der Waals surface area contributed by atoms with Crippen LogP contribution in [-0.4, -0.2) is 19.2 Å². The van der Waals surface area contributed by atoms with E-state index >= 15 is 0 Å². The quantitative estimate of drug-likeness (QED) is 0.439. The van der Waals surface area contributed by atoms with Gasteiger partial charge in [-0.2, -0.15) is 0 Å². The Labute approximate surface area is 174 Å². The first-order valence-corrected chi connectivity index (χ1v) is 11.1. The number of sulfone groups is 1. The summed E-state index contributed by atoms with van der Waals surface area (Å²) < 4.78 is 24.3. The summed E-state index contributed by atoms with van der Waals surface area (Å²) in [5.74, 6) is -0.0749. The van der Waals surface area contributed by atoms with E-state index in [-0.39, 0.29) is 17.1 Å². The third kappa shape index (κ3) is 3.23. The number of Topliss-reactive ketones (excluding diaryl/α,β-unsaturated/α-hetero) is 1. The molecule has 0 aliphatic carbocycles. The van der Waals surface area contributed by atoms with E-state index in [0.29, 0.717) is 16.7 Å². The van der Waals surface area contributed by atoms with Gasteiger partial charge in [0.2, 0.25) is 0 Å². The number of pyridine rings is 1. The highest BCUT2D eigenvalue weighted by Gasteiger charge is 2.22. The maximum Gasteiger partial charge on any atom is 0.200 e. The number of hydrogen-bond acceptors (Lipinski definition) is 4. The van der Waals surface area contributed by atoms with Crippen molar-refractivity contribution in [2.45, 2.75) is 11.3 Å². The normalized spacial score (nSPS) is 14.0. The van der Waals surface area contributed by atoms with Crippen LogP contribution in [-0.2, 0) is 16.3 Å². The molecule has 0 amide bonds. The van der Waals surface area contributed by atoms with E-state index in [1.807, 2.05) is 66.7 Å². The molecule has 0 unspecified atom stereocenters. The van der Waals surface area contributed by atoms with Crippen molar-refractivity contribution in [1.82, 2.24) is 4.98 Å². The molecule has 0 bridgehead atoms. The van der Waals surface area contributed by atoms with Crippen molar-refractivity contribution in [3.05, 3.63) is 101 Å². The van der Waals surface area contributed by atoms with Crippen LogP contribution < -0.4 is 0 Å². The fraction of sp³-hybridized carbons (Fsp3) is 0.0400. The van der Waals surface area contributed by atoms with Crippen LogP contribution in [0.4, 0.5) is 0 Å². The molecule has 1 aliphatic rings. The van der Waals surface area contributed by atoms with Gasteiger partial charge >= 0.3 is 0 Å². The van der Waals surface area contributed by atoms with Crippen molar-refractivity contribution in [3.63, 3.8) is 0 Å². The van der Waals surface area contributed by atoms with Crippen LogP contribution >= 0.6 is 0 Å². The lowest BCUT2D eigenvalue weighted by atomic mass is 9.97. The topological polar surface area (TPSA) is 64.1 Å². The zero-order chi connectivity index (χ0) is 20.7. The van der Waals surface area contributed by atoms with Crippen molar-refractivity contribution in [2.75, 3.05) is 0 Å². The summed E-state index contributed by atoms with van der Waals surface area (Å²) in [5, 5.41) is 1.99. The van der Waals surface area contributed by atoms with E-state index < -0.39 is 9.84 Å². The molecule has 0 saturated carbocycles. The first-order chi connectivity index (χ1) is 14.5. The second-order valence-corrected chi connectivity index (χ2v) is 9.06. The third-order valence-corrected chi connectivity index (χ3v) is 6.72. The van der Waals surface area contributed by atoms with Crippen molar-refractivity contribution < 1.29 is 13.2 Å². The predicted molar refractivity (Wildman–Crippen MR) is 118 cm³/mol. The molecular weight excluding hydrogens is 394 g/mol. The Kier molecular flexibility index (Phi) is 4.33. The number of fused-ring (bicyclic) bond motifs is 2. The molecule has 5 rings (SSSR count). The van der Waals surface area contributed by atoms with E-state index in [2.05, 4.69) is 0 Å². The molecule has 0 N–H and O–H groups in total. The molecule has 0 spiro atoms. The van der Waals surface area contributed by atoms with Crippen LogP contribution in [0.15, 0.2) is 89.2 Å². The Morgan fingerprint density at radius 1 is 0.867 bits per heavy atom. The monoisotopic (exact) mass is 411 g/mol. The molecule has 2 heterocycles. The lowest BCUT2D eigenvalue weighted by Crippen LogP contribution is -2.07. The summed E-state index contributed by atoms with van der Waals surface area (Å²) in [4.78, 5) is 18.3. The third-order valence-electron chi connectivity index (χ3n) is 5.26. The Bertz CT molecular complexity index is 1440. The molecule has 4 nitrogen and oxygen atoms in total. The van der Waals surface area contributed by atoms with Crippen LogP contribution in [0, 0.1) is 0 Å². The molecule has 146 valence electrons. The highest BCUT2D eigenvalue weighted by atomic mass is 32.2. The summed E-state index contributed by atoms with van der Waals surface area (Å²) >= 11 is 0. The predicted octanol–water partition coefficient (Wildman–Crippen LogP) is 5.09. The molecule has 30 heavy (non-hydrogen) atoms. The van der Waals surface area contributed by atoms with Gasteiger partial charge in [0, 0.05) is 28.3 Å². The maximum atomic E-state index is 13.3. The molecular formula is C25H17NO3S. The highest BCUT2D eigenvalue weighted by Crippen LogP contribution is 2.29. The van der Waals surface area contributed by atoms with E-state index in [1.165, 1.54) is 5.41 Å². The van der Waals surface area contributed by atoms with Gasteiger partial charge in [0.05, 0.1) is 16.1 Å². The van der Waals surface area contributed by atoms with Crippen LogP contribution in [0.3, 0.4) is 0 Å². The van der Waals surface area contributed by atoms with Gasteiger partial charge in [0.15, 0.2) is 15.6 Å². The smallest absolute Gasteiger partial charge is 0.200 e. The second-order valence-electron chi connectivity index (χ2n) is 7.26. The molecule has 1 aromatic heterocycles. The van der Waals surface area contributed by atoms with Crippen LogP contribution in [0.25, 0.3) is 28.2 Å². The van der Waals surface area contributed by atoms with Gasteiger partial charge in [-0.15, -0.1) is 0 Å². The van der Waals surface area contributed by atoms with E-state index in [0.717, 1.165) is 22.2 Å². The van der Waals surface area contributed by atoms with Gasteiger partial charge in [0.25, 0.3) is 0 Å². The zero-order valence-corrected chi connectivity index (χ0v) is 16.8. The standard InChI is InChI=1S/C25H17NO3S/c27-24(14-17-10-11-19-12-13-30(28,29)25(19)15-17)21-16-23(18-6-2-1-3-7-18)26-22-9-5-4-8-20(21)22/h1-13,15-16H,14H2. The average molecular weight is 411 g/mol. The Hall–Kier alpha value is -3.57. The minimum absolute atomic E-state index is 0.0749. The Morgan fingerprint density at radius 3 is 2.47 bits per heavy atom. The molecule has 1 aliphatic heterocycles. The molecule has 4 aromatic rings. The van der Waals surface area contributed by atoms with Crippen LogP contribution in [0.2, 0.25) is 0 Å². The van der Waals surface area contributed by atoms with E-state index in [4.69, 9.17) is 4.98 Å². The summed E-state index contributed by atoms with van der Waals surface area (Å²) in [5.41, 5.74) is 4.34. The molecule has 3 aromatic carbocycles. The SMILES string of the molecule is O=C(Cc1ccc2c(c1)S(=O)(=O)C=C2)c1cc(-c2ccccc2)nc2ccccc12. The lowest BCUT2D eigenvalue weighted by molar-refractivity contribution is 0.0994. The summed E-state index contributed by atoms with van der Waals surface area (Å²) in [6.07, 6.45) is 1.70. The number of aromatic nitrogens is 1. The molecule has 5 heteroatoms. The van der Waals surface area contributed by atoms with Crippen molar-refractivity contribution in [1.29, 1.82) is 0 Å². The van der Waals surface area contributed by atoms with Crippen LogP contribution in [0.5, 0.6) is 0 Å². The van der Waals surface area contributed by atoms with Gasteiger partial charge in [-0.05, 0) is 35.4 Å². The lowest BCUT2D eigenvalue weighted by Gasteiger charge is -2.10. The zero-order valence-electron chi connectivity index (χ0n) is 15.9. The molecule has 0 atom stereocenters. The number of nitrogens with zero attached hydrogens (tertiary/aromatic N) is 1. The second kappa shape index (κ2) is 7.04. The minimum atomic E-state index is -3.41. The minimum Gasteiger partial charge on any atom is -0.294 e. The van der Waals surface area contributed by atoms with Crippen molar-refractivity contribution in [3.8, 4) is 11.3 Å². The van der Waals surface area contributed by atoms with Gasteiger partial charge in [-0.1, -0.05) is 60.7 Å². The highest BCUT2D eigenvalue weighted by molar-refractivity contribution is 7.94.